The summed E-state index contributed by atoms with van der Waals surface area (Å²) in [4.78, 5) is 21.9. The molecule has 0 heterocycles. The molecular weight excluding hydrogens is 277 g/mol. The molecule has 0 aliphatic heterocycles. The molecule has 0 spiro atoms. The number of esters is 1. The van der Waals surface area contributed by atoms with Gasteiger partial charge in [0.1, 0.15) is 0 Å². The first-order valence-corrected chi connectivity index (χ1v) is 5.54. The van der Waals surface area contributed by atoms with Crippen molar-refractivity contribution >= 4 is 18.0 Å². The molecular formula is C13H11F3O4. The second-order valence-electron chi connectivity index (χ2n) is 3.73. The van der Waals surface area contributed by atoms with Gasteiger partial charge in [0.2, 0.25) is 0 Å². The predicted molar refractivity (Wildman–Crippen MR) is 64.1 cm³/mol. The Balaban J connectivity index is 3.16. The molecule has 0 aromatic heterocycles. The lowest BCUT2D eigenvalue weighted by molar-refractivity contribution is -0.138. The number of rotatable bonds is 4. The number of benzene rings is 1. The van der Waals surface area contributed by atoms with Crippen molar-refractivity contribution in [3.63, 3.8) is 0 Å². The highest BCUT2D eigenvalue weighted by molar-refractivity contribution is 5.90. The second-order valence-corrected chi connectivity index (χ2v) is 3.73. The molecule has 0 amide bonds. The van der Waals surface area contributed by atoms with Gasteiger partial charge >= 0.3 is 18.1 Å². The van der Waals surface area contributed by atoms with Gasteiger partial charge in [-0.3, -0.25) is 0 Å². The van der Waals surface area contributed by atoms with Gasteiger partial charge in [-0.1, -0.05) is 0 Å². The Morgan fingerprint density at radius 3 is 2.45 bits per heavy atom. The number of carboxylic acid groups (broad SMARTS) is 1. The molecule has 0 radical (unpaired) electrons. The van der Waals surface area contributed by atoms with E-state index in [1.54, 1.807) is 6.92 Å². The van der Waals surface area contributed by atoms with E-state index in [2.05, 4.69) is 4.74 Å². The molecule has 20 heavy (non-hydrogen) atoms. The normalized spacial score (nSPS) is 11.6. The first-order valence-electron chi connectivity index (χ1n) is 5.54. The zero-order valence-electron chi connectivity index (χ0n) is 10.4. The molecule has 0 saturated heterocycles. The zero-order chi connectivity index (χ0) is 15.3. The summed E-state index contributed by atoms with van der Waals surface area (Å²) in [7, 11) is 0. The SMILES string of the molecule is CCOC(=O)C=Cc1cc(C(=O)O)cc(C(F)(F)F)c1. The molecule has 0 unspecified atom stereocenters. The number of halogens is 3. The van der Waals surface area contributed by atoms with E-state index in [1.165, 1.54) is 0 Å². The van der Waals surface area contributed by atoms with Crippen molar-refractivity contribution in [2.45, 2.75) is 13.1 Å². The van der Waals surface area contributed by atoms with Gasteiger partial charge in [0, 0.05) is 6.08 Å². The Morgan fingerprint density at radius 1 is 1.30 bits per heavy atom. The van der Waals surface area contributed by atoms with Gasteiger partial charge in [0.05, 0.1) is 17.7 Å². The number of hydrogen-bond acceptors (Lipinski definition) is 3. The molecule has 1 aromatic carbocycles. The van der Waals surface area contributed by atoms with E-state index in [0.29, 0.717) is 6.07 Å². The molecule has 1 N–H and O–H groups in total. The average molecular weight is 288 g/mol. The van der Waals surface area contributed by atoms with Crippen molar-refractivity contribution in [2.75, 3.05) is 6.61 Å². The number of carboxylic acids is 1. The highest BCUT2D eigenvalue weighted by atomic mass is 19.4. The number of ether oxygens (including phenoxy) is 1. The van der Waals surface area contributed by atoms with Crippen LogP contribution in [0.5, 0.6) is 0 Å². The fourth-order valence-corrected chi connectivity index (χ4v) is 1.39. The van der Waals surface area contributed by atoms with Crippen molar-refractivity contribution in [3.8, 4) is 0 Å². The summed E-state index contributed by atoms with van der Waals surface area (Å²) >= 11 is 0. The third-order valence-electron chi connectivity index (χ3n) is 2.23. The van der Waals surface area contributed by atoms with Crippen LogP contribution in [0.3, 0.4) is 0 Å². The first kappa shape index (κ1) is 15.7. The molecule has 0 bridgehead atoms. The van der Waals surface area contributed by atoms with E-state index >= 15 is 0 Å². The van der Waals surface area contributed by atoms with Crippen LogP contribution in [0.15, 0.2) is 24.3 Å². The Morgan fingerprint density at radius 2 is 1.95 bits per heavy atom. The quantitative estimate of drug-likeness (QED) is 0.683. The number of hydrogen-bond donors (Lipinski definition) is 1. The molecule has 0 aliphatic carbocycles. The van der Waals surface area contributed by atoms with Gasteiger partial charge < -0.3 is 9.84 Å². The second kappa shape index (κ2) is 6.23. The average Bonchev–Trinajstić information content (AvgIpc) is 2.35. The maximum atomic E-state index is 12.6. The summed E-state index contributed by atoms with van der Waals surface area (Å²) in [6.45, 7) is 1.71. The lowest BCUT2D eigenvalue weighted by Crippen LogP contribution is -2.08. The Bertz CT molecular complexity index is 547. The van der Waals surface area contributed by atoms with Crippen molar-refractivity contribution in [3.05, 3.63) is 41.0 Å². The van der Waals surface area contributed by atoms with Crippen molar-refractivity contribution in [2.24, 2.45) is 0 Å². The van der Waals surface area contributed by atoms with Crippen LogP contribution >= 0.6 is 0 Å². The minimum Gasteiger partial charge on any atom is -0.478 e. The summed E-state index contributed by atoms with van der Waals surface area (Å²) in [5.74, 6) is -2.20. The summed E-state index contributed by atoms with van der Waals surface area (Å²) < 4.78 is 42.4. The van der Waals surface area contributed by atoms with E-state index in [0.717, 1.165) is 24.3 Å². The fourth-order valence-electron chi connectivity index (χ4n) is 1.39. The van der Waals surface area contributed by atoms with Crippen molar-refractivity contribution < 1.29 is 32.6 Å². The van der Waals surface area contributed by atoms with Gasteiger partial charge in [0.15, 0.2) is 0 Å². The highest BCUT2D eigenvalue weighted by Gasteiger charge is 2.31. The summed E-state index contributed by atoms with van der Waals surface area (Å²) in [6, 6.07) is 2.32. The number of alkyl halides is 3. The van der Waals surface area contributed by atoms with Crippen LogP contribution in [0.1, 0.15) is 28.4 Å². The van der Waals surface area contributed by atoms with Crippen LogP contribution in [0.25, 0.3) is 6.08 Å². The third kappa shape index (κ3) is 4.42. The monoisotopic (exact) mass is 288 g/mol. The summed E-state index contributed by atoms with van der Waals surface area (Å²) in [5, 5.41) is 8.78. The Labute approximate surface area is 112 Å². The Hall–Kier alpha value is -2.31. The smallest absolute Gasteiger partial charge is 0.416 e. The van der Waals surface area contributed by atoms with Crippen molar-refractivity contribution in [1.29, 1.82) is 0 Å². The topological polar surface area (TPSA) is 63.6 Å². The Kier molecular flexibility index (Phi) is 4.90. The lowest BCUT2D eigenvalue weighted by Gasteiger charge is -2.08. The molecule has 0 aliphatic rings. The molecule has 4 nitrogen and oxygen atoms in total. The van der Waals surface area contributed by atoms with Gasteiger partial charge in [-0.05, 0) is 36.8 Å². The maximum absolute atomic E-state index is 12.6. The van der Waals surface area contributed by atoms with Crippen LogP contribution in [-0.2, 0) is 15.7 Å². The zero-order valence-corrected chi connectivity index (χ0v) is 10.4. The third-order valence-corrected chi connectivity index (χ3v) is 2.23. The number of aromatic carboxylic acids is 1. The molecule has 0 saturated carbocycles. The molecule has 7 heteroatoms. The first-order chi connectivity index (χ1) is 9.24. The van der Waals surface area contributed by atoms with Crippen LogP contribution < -0.4 is 0 Å². The van der Waals surface area contributed by atoms with E-state index in [4.69, 9.17) is 5.11 Å². The van der Waals surface area contributed by atoms with Crippen LogP contribution in [0, 0.1) is 0 Å². The van der Waals surface area contributed by atoms with Gasteiger partial charge in [-0.25, -0.2) is 9.59 Å². The minimum atomic E-state index is -4.67. The molecule has 1 aromatic rings. The van der Waals surface area contributed by atoms with E-state index in [-0.39, 0.29) is 12.2 Å². The van der Waals surface area contributed by atoms with E-state index < -0.39 is 29.2 Å². The van der Waals surface area contributed by atoms with Crippen LogP contribution in [0.2, 0.25) is 0 Å². The molecule has 108 valence electrons. The number of carbonyl (C=O) groups is 2. The minimum absolute atomic E-state index is 0.0507. The van der Waals surface area contributed by atoms with Crippen molar-refractivity contribution in [1.82, 2.24) is 0 Å². The van der Waals surface area contributed by atoms with E-state index in [1.807, 2.05) is 0 Å². The molecule has 1 rings (SSSR count). The van der Waals surface area contributed by atoms with E-state index in [9.17, 15) is 22.8 Å². The molecule has 0 fully saturated rings. The van der Waals surface area contributed by atoms with Crippen LogP contribution in [-0.4, -0.2) is 23.7 Å². The number of carbonyl (C=O) groups excluding carboxylic acids is 1. The van der Waals surface area contributed by atoms with Gasteiger partial charge in [-0.15, -0.1) is 0 Å². The lowest BCUT2D eigenvalue weighted by atomic mass is 10.0. The standard InChI is InChI=1S/C13H11F3O4/c1-2-20-11(17)4-3-8-5-9(12(18)19)7-10(6-8)13(14,15)16/h3-7H,2H2,1H3,(H,18,19). The van der Waals surface area contributed by atoms with Gasteiger partial charge in [-0.2, -0.15) is 13.2 Å². The highest BCUT2D eigenvalue weighted by Crippen LogP contribution is 2.31. The largest absolute Gasteiger partial charge is 0.478 e. The summed E-state index contributed by atoms with van der Waals surface area (Å²) in [6.07, 6.45) is -2.66. The van der Waals surface area contributed by atoms with Gasteiger partial charge in [0.25, 0.3) is 0 Å². The summed E-state index contributed by atoms with van der Waals surface area (Å²) in [5.41, 5.74) is -1.66. The molecule has 0 atom stereocenters. The van der Waals surface area contributed by atoms with Crippen LogP contribution in [0.4, 0.5) is 13.2 Å². The maximum Gasteiger partial charge on any atom is 0.416 e. The fraction of sp³-hybridized carbons (Fsp3) is 0.231. The predicted octanol–water partition coefficient (Wildman–Crippen LogP) is 2.98.